The van der Waals surface area contributed by atoms with E-state index in [4.69, 9.17) is 9.47 Å². The summed E-state index contributed by atoms with van der Waals surface area (Å²) in [5.41, 5.74) is 1.30. The fraction of sp³-hybridized carbons (Fsp3) is 0.600. The number of para-hydroxylation sites is 1. The van der Waals surface area contributed by atoms with Gasteiger partial charge in [-0.25, -0.2) is 0 Å². The Morgan fingerprint density at radius 1 is 1.39 bits per heavy atom. The molecule has 18 heavy (non-hydrogen) atoms. The van der Waals surface area contributed by atoms with Crippen molar-refractivity contribution in [1.29, 1.82) is 0 Å². The molecule has 0 fully saturated rings. The van der Waals surface area contributed by atoms with E-state index >= 15 is 0 Å². The third-order valence-corrected chi connectivity index (χ3v) is 3.47. The van der Waals surface area contributed by atoms with Crippen LogP contribution in [0.5, 0.6) is 5.75 Å². The second-order valence-electron chi connectivity index (χ2n) is 5.06. The Morgan fingerprint density at radius 3 is 2.89 bits per heavy atom. The highest BCUT2D eigenvalue weighted by molar-refractivity contribution is 5.38. The Bertz CT molecular complexity index is 379. The minimum absolute atomic E-state index is 0.274. The molecule has 1 aromatic carbocycles. The molecule has 3 heteroatoms. The molecule has 0 saturated carbocycles. The molecule has 1 heterocycles. The van der Waals surface area contributed by atoms with Crippen molar-refractivity contribution in [1.82, 2.24) is 5.32 Å². The second kappa shape index (κ2) is 6.21. The molecule has 2 unspecified atom stereocenters. The minimum Gasteiger partial charge on any atom is -0.493 e. The zero-order valence-corrected chi connectivity index (χ0v) is 11.5. The third-order valence-electron chi connectivity index (χ3n) is 3.47. The highest BCUT2D eigenvalue weighted by atomic mass is 16.5. The lowest BCUT2D eigenvalue weighted by Crippen LogP contribution is -2.39. The lowest BCUT2D eigenvalue weighted by atomic mass is 9.87. The van der Waals surface area contributed by atoms with Gasteiger partial charge in [-0.2, -0.15) is 0 Å². The van der Waals surface area contributed by atoms with Gasteiger partial charge in [-0.15, -0.1) is 0 Å². The van der Waals surface area contributed by atoms with Gasteiger partial charge in [-0.3, -0.25) is 0 Å². The first-order valence-electron chi connectivity index (χ1n) is 6.73. The van der Waals surface area contributed by atoms with Crippen molar-refractivity contribution in [3.8, 4) is 5.75 Å². The Labute approximate surface area is 109 Å². The Morgan fingerprint density at radius 2 is 2.17 bits per heavy atom. The lowest BCUT2D eigenvalue weighted by Gasteiger charge is -2.32. The summed E-state index contributed by atoms with van der Waals surface area (Å²) in [5.74, 6) is 1.50. The van der Waals surface area contributed by atoms with Gasteiger partial charge in [-0.05, 0) is 38.9 Å². The first kappa shape index (κ1) is 13.4. The van der Waals surface area contributed by atoms with Crippen LogP contribution in [0.15, 0.2) is 24.3 Å². The molecule has 2 atom stereocenters. The minimum atomic E-state index is 0.274. The van der Waals surface area contributed by atoms with Crippen molar-refractivity contribution < 1.29 is 9.47 Å². The fourth-order valence-electron chi connectivity index (χ4n) is 2.48. The Hall–Kier alpha value is -1.06. The molecule has 2 rings (SSSR count). The van der Waals surface area contributed by atoms with Crippen LogP contribution in [0.3, 0.4) is 0 Å². The maximum atomic E-state index is 5.76. The zero-order chi connectivity index (χ0) is 13.0. The van der Waals surface area contributed by atoms with Gasteiger partial charge in [-0.1, -0.05) is 18.2 Å². The topological polar surface area (TPSA) is 30.5 Å². The monoisotopic (exact) mass is 249 g/mol. The summed E-state index contributed by atoms with van der Waals surface area (Å²) in [7, 11) is 2.01. The molecule has 0 aliphatic carbocycles. The number of hydrogen-bond acceptors (Lipinski definition) is 3. The predicted molar refractivity (Wildman–Crippen MR) is 73.2 cm³/mol. The molecule has 0 saturated heterocycles. The number of benzene rings is 1. The van der Waals surface area contributed by atoms with Crippen molar-refractivity contribution in [3.63, 3.8) is 0 Å². The maximum absolute atomic E-state index is 5.76. The average molecular weight is 249 g/mol. The summed E-state index contributed by atoms with van der Waals surface area (Å²) < 4.78 is 11.5. The quantitative estimate of drug-likeness (QED) is 0.870. The standard InChI is InChI=1S/C15H23NO2/c1-11(2)18-10-14(16-3)12-8-9-17-15-7-5-4-6-13(12)15/h4-7,11-12,14,16H,8-10H2,1-3H3. The number of nitrogens with one attached hydrogen (secondary N) is 1. The van der Waals surface area contributed by atoms with Crippen molar-refractivity contribution in [2.45, 2.75) is 38.3 Å². The summed E-state index contributed by atoms with van der Waals surface area (Å²) >= 11 is 0. The van der Waals surface area contributed by atoms with Crippen molar-refractivity contribution in [2.75, 3.05) is 20.3 Å². The van der Waals surface area contributed by atoms with Crippen LogP contribution in [0, 0.1) is 0 Å². The molecule has 100 valence electrons. The molecule has 0 spiro atoms. The lowest BCUT2D eigenvalue weighted by molar-refractivity contribution is 0.0535. The van der Waals surface area contributed by atoms with Crippen LogP contribution in [-0.2, 0) is 4.74 Å². The van der Waals surface area contributed by atoms with Crippen LogP contribution in [0.2, 0.25) is 0 Å². The van der Waals surface area contributed by atoms with Crippen LogP contribution < -0.4 is 10.1 Å². The fourth-order valence-corrected chi connectivity index (χ4v) is 2.48. The SMILES string of the molecule is CNC(COC(C)C)C1CCOc2ccccc21. The van der Waals surface area contributed by atoms with Gasteiger partial charge < -0.3 is 14.8 Å². The molecular formula is C15H23NO2. The molecule has 1 aromatic rings. The van der Waals surface area contributed by atoms with Crippen LogP contribution in [-0.4, -0.2) is 32.4 Å². The number of hydrogen-bond donors (Lipinski definition) is 1. The molecule has 1 aliphatic rings. The molecule has 3 nitrogen and oxygen atoms in total. The van der Waals surface area contributed by atoms with Crippen LogP contribution >= 0.6 is 0 Å². The van der Waals surface area contributed by atoms with E-state index < -0.39 is 0 Å². The van der Waals surface area contributed by atoms with E-state index in [-0.39, 0.29) is 6.10 Å². The first-order chi connectivity index (χ1) is 8.72. The van der Waals surface area contributed by atoms with Crippen LogP contribution in [0.25, 0.3) is 0 Å². The Kier molecular flexibility index (Phi) is 4.61. The first-order valence-corrected chi connectivity index (χ1v) is 6.73. The number of ether oxygens (including phenoxy) is 2. The van der Waals surface area contributed by atoms with E-state index in [0.717, 1.165) is 25.4 Å². The summed E-state index contributed by atoms with van der Waals surface area (Å²) in [6.07, 6.45) is 1.32. The zero-order valence-electron chi connectivity index (χ0n) is 11.5. The largest absolute Gasteiger partial charge is 0.493 e. The normalized spacial score (nSPS) is 20.3. The summed E-state index contributed by atoms with van der Waals surface area (Å²) in [4.78, 5) is 0. The van der Waals surface area contributed by atoms with Crippen LogP contribution in [0.1, 0.15) is 31.7 Å². The summed E-state index contributed by atoms with van der Waals surface area (Å²) in [6.45, 7) is 5.68. The van der Waals surface area contributed by atoms with E-state index in [1.54, 1.807) is 0 Å². The van der Waals surface area contributed by atoms with E-state index in [1.807, 2.05) is 13.1 Å². The molecule has 0 aromatic heterocycles. The van der Waals surface area contributed by atoms with Crippen molar-refractivity contribution in [2.24, 2.45) is 0 Å². The van der Waals surface area contributed by atoms with Gasteiger partial charge in [0.05, 0.1) is 19.3 Å². The molecule has 1 aliphatic heterocycles. The van der Waals surface area contributed by atoms with E-state index in [1.165, 1.54) is 5.56 Å². The average Bonchev–Trinajstić information content (AvgIpc) is 2.39. The number of rotatable bonds is 5. The highest BCUT2D eigenvalue weighted by Gasteiger charge is 2.28. The molecule has 0 radical (unpaired) electrons. The number of fused-ring (bicyclic) bond motifs is 1. The second-order valence-corrected chi connectivity index (χ2v) is 5.06. The van der Waals surface area contributed by atoms with Gasteiger partial charge in [0.1, 0.15) is 5.75 Å². The van der Waals surface area contributed by atoms with E-state index in [9.17, 15) is 0 Å². The van der Waals surface area contributed by atoms with Gasteiger partial charge in [0.25, 0.3) is 0 Å². The van der Waals surface area contributed by atoms with Gasteiger partial charge in [0.15, 0.2) is 0 Å². The van der Waals surface area contributed by atoms with E-state index in [0.29, 0.717) is 12.0 Å². The molecule has 1 N–H and O–H groups in total. The third kappa shape index (κ3) is 3.03. The van der Waals surface area contributed by atoms with Crippen molar-refractivity contribution >= 4 is 0 Å². The number of likely N-dealkylation sites (N-methyl/N-ethyl adjacent to an activating group) is 1. The summed E-state index contributed by atoms with van der Waals surface area (Å²) in [6, 6.07) is 8.67. The Balaban J connectivity index is 2.12. The summed E-state index contributed by atoms with van der Waals surface area (Å²) in [5, 5.41) is 3.39. The predicted octanol–water partition coefficient (Wildman–Crippen LogP) is 2.57. The van der Waals surface area contributed by atoms with Gasteiger partial charge >= 0.3 is 0 Å². The molecule has 0 amide bonds. The van der Waals surface area contributed by atoms with Gasteiger partial charge in [0, 0.05) is 12.0 Å². The van der Waals surface area contributed by atoms with E-state index in [2.05, 4.69) is 37.4 Å². The molecule has 0 bridgehead atoms. The maximum Gasteiger partial charge on any atom is 0.122 e. The smallest absolute Gasteiger partial charge is 0.122 e. The highest BCUT2D eigenvalue weighted by Crippen LogP contribution is 2.35. The van der Waals surface area contributed by atoms with Crippen molar-refractivity contribution in [3.05, 3.63) is 29.8 Å². The molecular weight excluding hydrogens is 226 g/mol. The van der Waals surface area contributed by atoms with Crippen LogP contribution in [0.4, 0.5) is 0 Å². The van der Waals surface area contributed by atoms with Gasteiger partial charge in [0.2, 0.25) is 0 Å².